The monoisotopic (exact) mass is 1460 g/mol. The average Bonchev–Trinajstić information content (AvgIpc) is 0.777. The molecule has 19 heteroatoms. The third-order valence-corrected chi connectivity index (χ3v) is 22.2. The number of carbonyl (C=O) groups excluding carboxylic acids is 1. The molecule has 3 fully saturated rings. The molecule has 19 nitrogen and oxygen atoms in total. The lowest BCUT2D eigenvalue weighted by Crippen LogP contribution is -2.66. The Kier molecular flexibility index (Phi) is 60.2. The summed E-state index contributed by atoms with van der Waals surface area (Å²) in [6.45, 7) is 1.88. The van der Waals surface area contributed by atoms with E-state index in [2.05, 4.69) is 19.2 Å². The lowest BCUT2D eigenvalue weighted by atomic mass is 9.96. The lowest BCUT2D eigenvalue weighted by molar-refractivity contribution is -0.379. The Labute approximate surface area is 621 Å². The van der Waals surface area contributed by atoms with E-state index in [1.807, 2.05) is 0 Å². The Bertz CT molecular complexity index is 1840. The quantitative estimate of drug-likeness (QED) is 0.0252. The Morgan fingerprint density at radius 1 is 0.314 bits per heavy atom. The highest BCUT2D eigenvalue weighted by molar-refractivity contribution is 5.76. The van der Waals surface area contributed by atoms with E-state index in [-0.39, 0.29) is 18.9 Å². The van der Waals surface area contributed by atoms with Gasteiger partial charge in [0.15, 0.2) is 18.9 Å². The van der Waals surface area contributed by atoms with E-state index in [4.69, 9.17) is 28.4 Å². The molecule has 0 aromatic heterocycles. The predicted molar refractivity (Wildman–Crippen MR) is 407 cm³/mol. The minimum Gasteiger partial charge on any atom is -0.394 e. The highest BCUT2D eigenvalue weighted by atomic mass is 16.8. The fourth-order valence-corrected chi connectivity index (χ4v) is 15.3. The molecule has 17 atom stereocenters. The molecule has 1 amide bonds. The maximum absolute atomic E-state index is 13.5. The van der Waals surface area contributed by atoms with Crippen LogP contribution in [0.3, 0.4) is 0 Å². The first-order valence-electron chi connectivity index (χ1n) is 43.3. The second-order valence-corrected chi connectivity index (χ2v) is 31.4. The molecular weight excluding hydrogens is 1300 g/mol. The first kappa shape index (κ1) is 95.0. The zero-order valence-corrected chi connectivity index (χ0v) is 65.1. The summed E-state index contributed by atoms with van der Waals surface area (Å²) in [6.07, 6.45) is 49.2. The van der Waals surface area contributed by atoms with Crippen molar-refractivity contribution in [1.82, 2.24) is 5.32 Å². The van der Waals surface area contributed by atoms with Gasteiger partial charge in [-0.3, -0.25) is 4.79 Å². The predicted octanol–water partition coefficient (Wildman–Crippen LogP) is 15.4. The van der Waals surface area contributed by atoms with Crippen molar-refractivity contribution in [1.29, 1.82) is 0 Å². The van der Waals surface area contributed by atoms with Crippen molar-refractivity contribution < 1.29 is 89.4 Å². The molecule has 3 aliphatic rings. The van der Waals surface area contributed by atoms with Crippen LogP contribution < -0.4 is 5.32 Å². The molecule has 3 heterocycles. The molecule has 3 saturated heterocycles. The molecule has 0 radical (unpaired) electrons. The molecule has 12 N–H and O–H groups in total. The standard InChI is InChI=1S/C83H161NO18/c1-3-5-7-9-11-13-15-17-19-21-23-25-27-29-30-31-32-33-34-35-36-37-38-40-42-44-46-48-50-52-54-56-58-60-67(88)66(84-71(89)61-59-57-55-53-51-49-47-45-43-41-39-28-26-24-22-20-18-16-14-12-10-8-6-4-2)65-97-81-77(95)74(92)79(69(63-86)99-81)102-83-78(96)75(93)80(70(64-87)100-83)101-82-76(94)73(91)72(90)68(62-85)98-82/h66-70,72-83,85-88,90-96H,3-65H2,1-2H3,(H,84,89). The Balaban J connectivity index is 1.33. The van der Waals surface area contributed by atoms with Gasteiger partial charge in [-0.1, -0.05) is 373 Å². The average molecular weight is 1460 g/mol. The van der Waals surface area contributed by atoms with Crippen LogP contribution in [-0.2, 0) is 33.2 Å². The number of ether oxygens (including phenoxy) is 6. The van der Waals surface area contributed by atoms with Gasteiger partial charge in [-0.2, -0.15) is 0 Å². The van der Waals surface area contributed by atoms with E-state index in [0.29, 0.717) is 12.8 Å². The number of amides is 1. The summed E-state index contributed by atoms with van der Waals surface area (Å²) >= 11 is 0. The smallest absolute Gasteiger partial charge is 0.220 e. The molecule has 0 saturated carbocycles. The summed E-state index contributed by atoms with van der Waals surface area (Å²) in [7, 11) is 0. The Morgan fingerprint density at radius 3 is 0.853 bits per heavy atom. The van der Waals surface area contributed by atoms with Gasteiger partial charge in [0, 0.05) is 6.42 Å². The number of hydrogen-bond donors (Lipinski definition) is 12. The van der Waals surface area contributed by atoms with Crippen LogP contribution in [0.5, 0.6) is 0 Å². The van der Waals surface area contributed by atoms with Crippen LogP contribution in [0.1, 0.15) is 393 Å². The number of aliphatic hydroxyl groups excluding tert-OH is 11. The van der Waals surface area contributed by atoms with E-state index < -0.39 is 124 Å². The first-order chi connectivity index (χ1) is 49.8. The van der Waals surface area contributed by atoms with Gasteiger partial charge in [-0.25, -0.2) is 0 Å². The van der Waals surface area contributed by atoms with Crippen molar-refractivity contribution in [2.24, 2.45) is 0 Å². The first-order valence-corrected chi connectivity index (χ1v) is 43.3. The SMILES string of the molecule is CCCCCCCCCCCCCCCCCCCCCCCCCCCCCCCCCCCC(O)C(COC1OC(CO)C(OC2OC(CO)C(OC3OC(CO)C(O)C(O)C3O)C(O)C2O)C(O)C1O)NC(=O)CCCCCCCCCCCCCCCCCCCCCCCCCC. The molecule has 3 rings (SSSR count). The summed E-state index contributed by atoms with van der Waals surface area (Å²) in [5.74, 6) is -0.232. The number of hydrogen-bond acceptors (Lipinski definition) is 18. The van der Waals surface area contributed by atoms with Crippen molar-refractivity contribution in [3.63, 3.8) is 0 Å². The highest BCUT2D eigenvalue weighted by Crippen LogP contribution is 2.34. The summed E-state index contributed by atoms with van der Waals surface area (Å²) in [4.78, 5) is 13.5. The van der Waals surface area contributed by atoms with E-state index in [1.165, 1.54) is 315 Å². The van der Waals surface area contributed by atoms with Crippen LogP contribution >= 0.6 is 0 Å². The summed E-state index contributed by atoms with van der Waals surface area (Å²) in [6, 6.07) is -0.884. The third-order valence-electron chi connectivity index (χ3n) is 22.2. The van der Waals surface area contributed by atoms with Gasteiger partial charge in [0.1, 0.15) is 73.2 Å². The van der Waals surface area contributed by atoms with Crippen molar-refractivity contribution >= 4 is 5.91 Å². The Hall–Kier alpha value is -1.21. The minimum absolute atomic E-state index is 0.232. The Morgan fingerprint density at radius 2 is 0.559 bits per heavy atom. The molecule has 0 aromatic carbocycles. The van der Waals surface area contributed by atoms with Gasteiger partial charge in [0.2, 0.25) is 5.91 Å². The summed E-state index contributed by atoms with van der Waals surface area (Å²) in [5, 5.41) is 121. The fraction of sp³-hybridized carbons (Fsp3) is 0.988. The van der Waals surface area contributed by atoms with E-state index in [0.717, 1.165) is 44.9 Å². The van der Waals surface area contributed by atoms with Gasteiger partial charge in [0.05, 0.1) is 38.6 Å². The molecule has 0 bridgehead atoms. The maximum atomic E-state index is 13.5. The van der Waals surface area contributed by atoms with Crippen molar-refractivity contribution in [2.45, 2.75) is 497 Å². The van der Waals surface area contributed by atoms with E-state index in [1.54, 1.807) is 0 Å². The number of unbranched alkanes of at least 4 members (excludes halogenated alkanes) is 55. The van der Waals surface area contributed by atoms with Crippen molar-refractivity contribution in [3.8, 4) is 0 Å². The van der Waals surface area contributed by atoms with E-state index in [9.17, 15) is 61.0 Å². The van der Waals surface area contributed by atoms with Gasteiger partial charge in [0.25, 0.3) is 0 Å². The van der Waals surface area contributed by atoms with E-state index >= 15 is 0 Å². The van der Waals surface area contributed by atoms with Crippen LogP contribution in [0, 0.1) is 0 Å². The normalized spacial score (nSPS) is 26.1. The minimum atomic E-state index is -1.97. The molecule has 102 heavy (non-hydrogen) atoms. The van der Waals surface area contributed by atoms with Gasteiger partial charge < -0.3 is 89.9 Å². The van der Waals surface area contributed by atoms with Crippen molar-refractivity contribution in [3.05, 3.63) is 0 Å². The van der Waals surface area contributed by atoms with Crippen LogP contribution in [0.2, 0.25) is 0 Å². The number of nitrogens with one attached hydrogen (secondary N) is 1. The zero-order valence-electron chi connectivity index (χ0n) is 65.1. The lowest BCUT2D eigenvalue weighted by Gasteiger charge is -2.48. The third kappa shape index (κ3) is 43.8. The molecule has 606 valence electrons. The largest absolute Gasteiger partial charge is 0.394 e. The topological polar surface area (TPSA) is 307 Å². The second-order valence-electron chi connectivity index (χ2n) is 31.4. The second kappa shape index (κ2) is 64.6. The molecule has 3 aliphatic heterocycles. The number of carbonyl (C=O) groups is 1. The van der Waals surface area contributed by atoms with Crippen LogP contribution in [0.25, 0.3) is 0 Å². The van der Waals surface area contributed by atoms with Crippen molar-refractivity contribution in [2.75, 3.05) is 26.4 Å². The molecule has 17 unspecified atom stereocenters. The number of rotatable bonds is 71. The van der Waals surface area contributed by atoms with Gasteiger partial charge in [-0.15, -0.1) is 0 Å². The van der Waals surface area contributed by atoms with Crippen LogP contribution in [0.15, 0.2) is 0 Å². The van der Waals surface area contributed by atoms with Gasteiger partial charge >= 0.3 is 0 Å². The van der Waals surface area contributed by atoms with Crippen LogP contribution in [-0.4, -0.2) is 193 Å². The molecule has 0 spiro atoms. The van der Waals surface area contributed by atoms with Gasteiger partial charge in [-0.05, 0) is 12.8 Å². The number of aliphatic hydroxyl groups is 11. The molecular formula is C83H161NO18. The summed E-state index contributed by atoms with van der Waals surface area (Å²) < 4.78 is 34.6. The molecule has 0 aliphatic carbocycles. The highest BCUT2D eigenvalue weighted by Gasteiger charge is 2.54. The van der Waals surface area contributed by atoms with Crippen LogP contribution in [0.4, 0.5) is 0 Å². The fourth-order valence-electron chi connectivity index (χ4n) is 15.3. The molecule has 0 aromatic rings. The zero-order chi connectivity index (χ0) is 73.9. The maximum Gasteiger partial charge on any atom is 0.220 e. The summed E-state index contributed by atoms with van der Waals surface area (Å²) in [5.41, 5.74) is 0.